The average molecular weight is 372 g/mol. The summed E-state index contributed by atoms with van der Waals surface area (Å²) in [5.41, 5.74) is 2.00. The normalized spacial score (nSPS) is 16.4. The third-order valence-electron chi connectivity index (χ3n) is 3.76. The zero-order valence-electron chi connectivity index (χ0n) is 11.6. The molecule has 0 saturated carbocycles. The Bertz CT molecular complexity index is 455. The van der Waals surface area contributed by atoms with E-state index in [4.69, 9.17) is 0 Å². The Morgan fingerprint density at radius 2 is 2.11 bits per heavy atom. The van der Waals surface area contributed by atoms with Crippen LogP contribution in [-0.2, 0) is 0 Å². The van der Waals surface area contributed by atoms with Gasteiger partial charge in [-0.3, -0.25) is 4.79 Å². The van der Waals surface area contributed by atoms with Gasteiger partial charge in [-0.15, -0.1) is 0 Å². The van der Waals surface area contributed by atoms with Gasteiger partial charge in [0.15, 0.2) is 0 Å². The molecule has 104 valence electrons. The molecule has 0 atom stereocenters. The van der Waals surface area contributed by atoms with E-state index < -0.39 is 0 Å². The third-order valence-corrected chi connectivity index (χ3v) is 5.19. The summed E-state index contributed by atoms with van der Waals surface area (Å²) in [5.74, 6) is 0.782. The zero-order chi connectivity index (χ0) is 13.8. The Hall–Kier alpha value is -0.620. The predicted octanol–water partition coefficient (Wildman–Crippen LogP) is 2.67. The molecule has 0 spiro atoms. The highest BCUT2D eigenvalue weighted by Crippen LogP contribution is 2.19. The number of nitrogens with zero attached hydrogens (tertiary/aromatic N) is 1. The van der Waals surface area contributed by atoms with Crippen LogP contribution in [0.4, 0.5) is 0 Å². The lowest BCUT2D eigenvalue weighted by atomic mass is 9.97. The van der Waals surface area contributed by atoms with Gasteiger partial charge in [-0.1, -0.05) is 12.1 Å². The standard InChI is InChI=1S/C15H21IN2O/c1-11-4-3-5-13(14(11)16)15(19)18(2)10-12-6-8-17-9-7-12/h3-5,12,17H,6-10H2,1-2H3. The number of hydrogen-bond acceptors (Lipinski definition) is 2. The van der Waals surface area contributed by atoms with Crippen molar-refractivity contribution in [2.75, 3.05) is 26.7 Å². The van der Waals surface area contributed by atoms with Crippen molar-refractivity contribution in [1.82, 2.24) is 10.2 Å². The minimum Gasteiger partial charge on any atom is -0.341 e. The van der Waals surface area contributed by atoms with Crippen LogP contribution in [0.25, 0.3) is 0 Å². The number of hydrogen-bond donors (Lipinski definition) is 1. The van der Waals surface area contributed by atoms with Gasteiger partial charge in [0.05, 0.1) is 5.56 Å². The zero-order valence-corrected chi connectivity index (χ0v) is 13.7. The Labute approximate surface area is 128 Å². The Kier molecular flexibility index (Phi) is 5.21. The van der Waals surface area contributed by atoms with Gasteiger partial charge >= 0.3 is 0 Å². The first-order chi connectivity index (χ1) is 9.09. The van der Waals surface area contributed by atoms with Crippen LogP contribution < -0.4 is 5.32 Å². The van der Waals surface area contributed by atoms with Crippen LogP contribution in [0.15, 0.2) is 18.2 Å². The SMILES string of the molecule is Cc1cccc(C(=O)N(C)CC2CCNCC2)c1I. The van der Waals surface area contributed by atoms with Crippen molar-refractivity contribution >= 4 is 28.5 Å². The summed E-state index contributed by atoms with van der Waals surface area (Å²) in [7, 11) is 1.92. The first-order valence-corrected chi connectivity index (χ1v) is 7.88. The molecule has 1 saturated heterocycles. The van der Waals surface area contributed by atoms with Crippen LogP contribution in [0.1, 0.15) is 28.8 Å². The number of carbonyl (C=O) groups is 1. The minimum absolute atomic E-state index is 0.145. The maximum atomic E-state index is 12.5. The molecule has 1 aromatic rings. The molecular formula is C15H21IN2O. The molecule has 1 aliphatic rings. The van der Waals surface area contributed by atoms with Gasteiger partial charge in [-0.2, -0.15) is 0 Å². The molecule has 3 nitrogen and oxygen atoms in total. The number of amides is 1. The molecular weight excluding hydrogens is 351 g/mol. The quantitative estimate of drug-likeness (QED) is 0.828. The van der Waals surface area contributed by atoms with E-state index in [2.05, 4.69) is 27.9 Å². The largest absolute Gasteiger partial charge is 0.341 e. The summed E-state index contributed by atoms with van der Waals surface area (Å²) in [6, 6.07) is 5.94. The lowest BCUT2D eigenvalue weighted by Crippen LogP contribution is -2.37. The van der Waals surface area contributed by atoms with Crippen molar-refractivity contribution in [2.24, 2.45) is 5.92 Å². The molecule has 0 bridgehead atoms. The van der Waals surface area contributed by atoms with E-state index in [1.165, 1.54) is 18.4 Å². The van der Waals surface area contributed by atoms with Crippen molar-refractivity contribution in [2.45, 2.75) is 19.8 Å². The van der Waals surface area contributed by atoms with Crippen molar-refractivity contribution < 1.29 is 4.79 Å². The molecule has 1 amide bonds. The monoisotopic (exact) mass is 372 g/mol. The maximum Gasteiger partial charge on any atom is 0.254 e. The van der Waals surface area contributed by atoms with Gasteiger partial charge in [-0.25, -0.2) is 0 Å². The van der Waals surface area contributed by atoms with Crippen molar-refractivity contribution in [3.8, 4) is 0 Å². The molecule has 1 aromatic carbocycles. The van der Waals surface area contributed by atoms with E-state index in [-0.39, 0.29) is 5.91 Å². The van der Waals surface area contributed by atoms with Gasteiger partial charge in [-0.05, 0) is 73.0 Å². The van der Waals surface area contributed by atoms with Gasteiger partial charge in [0, 0.05) is 17.2 Å². The first-order valence-electron chi connectivity index (χ1n) is 6.81. The molecule has 0 aromatic heterocycles. The molecule has 1 aliphatic heterocycles. The molecule has 4 heteroatoms. The Balaban J connectivity index is 2.03. The summed E-state index contributed by atoms with van der Waals surface area (Å²) in [6.45, 7) is 5.07. The Morgan fingerprint density at radius 1 is 1.42 bits per heavy atom. The summed E-state index contributed by atoms with van der Waals surface area (Å²) < 4.78 is 1.07. The highest BCUT2D eigenvalue weighted by molar-refractivity contribution is 14.1. The number of carbonyl (C=O) groups excluding carboxylic acids is 1. The van der Waals surface area contributed by atoms with E-state index in [0.29, 0.717) is 5.92 Å². The summed E-state index contributed by atoms with van der Waals surface area (Å²) in [6.07, 6.45) is 2.34. The maximum absolute atomic E-state index is 12.5. The van der Waals surface area contributed by atoms with E-state index in [0.717, 1.165) is 28.8 Å². The number of rotatable bonds is 3. The van der Waals surface area contributed by atoms with Crippen LogP contribution in [0.5, 0.6) is 0 Å². The molecule has 1 fully saturated rings. The van der Waals surface area contributed by atoms with E-state index in [9.17, 15) is 4.79 Å². The molecule has 19 heavy (non-hydrogen) atoms. The number of piperidine rings is 1. The average Bonchev–Trinajstić information content (AvgIpc) is 2.42. The molecule has 0 unspecified atom stereocenters. The van der Waals surface area contributed by atoms with E-state index >= 15 is 0 Å². The van der Waals surface area contributed by atoms with Crippen LogP contribution in [0, 0.1) is 16.4 Å². The lowest BCUT2D eigenvalue weighted by molar-refractivity contribution is 0.0761. The van der Waals surface area contributed by atoms with Gasteiger partial charge in [0.25, 0.3) is 5.91 Å². The van der Waals surface area contributed by atoms with Gasteiger partial charge < -0.3 is 10.2 Å². The van der Waals surface area contributed by atoms with Crippen molar-refractivity contribution in [1.29, 1.82) is 0 Å². The summed E-state index contributed by atoms with van der Waals surface area (Å²) in [4.78, 5) is 14.4. The molecule has 0 aliphatic carbocycles. The number of nitrogens with one attached hydrogen (secondary N) is 1. The second-order valence-electron chi connectivity index (χ2n) is 5.32. The first kappa shape index (κ1) is 14.8. The number of aryl methyl sites for hydroxylation is 1. The fraction of sp³-hybridized carbons (Fsp3) is 0.533. The second-order valence-corrected chi connectivity index (χ2v) is 6.39. The summed E-state index contributed by atoms with van der Waals surface area (Å²) >= 11 is 2.27. The van der Waals surface area contributed by atoms with Crippen LogP contribution >= 0.6 is 22.6 Å². The topological polar surface area (TPSA) is 32.3 Å². The fourth-order valence-corrected chi connectivity index (χ4v) is 3.14. The van der Waals surface area contributed by atoms with Crippen molar-refractivity contribution in [3.05, 3.63) is 32.9 Å². The van der Waals surface area contributed by atoms with E-state index in [1.807, 2.05) is 37.1 Å². The highest BCUT2D eigenvalue weighted by atomic mass is 127. The van der Waals surface area contributed by atoms with Crippen molar-refractivity contribution in [3.63, 3.8) is 0 Å². The third kappa shape index (κ3) is 3.69. The molecule has 1 heterocycles. The fourth-order valence-electron chi connectivity index (χ4n) is 2.55. The van der Waals surface area contributed by atoms with Crippen LogP contribution in [0.2, 0.25) is 0 Å². The Morgan fingerprint density at radius 3 is 2.79 bits per heavy atom. The molecule has 2 rings (SSSR count). The predicted molar refractivity (Wildman–Crippen MR) is 86.5 cm³/mol. The minimum atomic E-state index is 0.145. The van der Waals surface area contributed by atoms with Gasteiger partial charge in [0.2, 0.25) is 0 Å². The lowest BCUT2D eigenvalue weighted by Gasteiger charge is -2.28. The smallest absolute Gasteiger partial charge is 0.254 e. The van der Waals surface area contributed by atoms with E-state index in [1.54, 1.807) is 0 Å². The molecule has 0 radical (unpaired) electrons. The second kappa shape index (κ2) is 6.70. The van der Waals surface area contributed by atoms with Crippen LogP contribution in [0.3, 0.4) is 0 Å². The number of benzene rings is 1. The number of halogens is 1. The van der Waals surface area contributed by atoms with Crippen LogP contribution in [-0.4, -0.2) is 37.5 Å². The van der Waals surface area contributed by atoms with Gasteiger partial charge in [0.1, 0.15) is 0 Å². The highest BCUT2D eigenvalue weighted by Gasteiger charge is 2.20. The molecule has 1 N–H and O–H groups in total. The summed E-state index contributed by atoms with van der Waals surface area (Å²) in [5, 5.41) is 3.36.